The third-order valence-corrected chi connectivity index (χ3v) is 5.57. The van der Waals surface area contributed by atoms with E-state index < -0.39 is 17.8 Å². The molecule has 0 radical (unpaired) electrons. The molecule has 0 saturated carbocycles. The van der Waals surface area contributed by atoms with Crippen molar-refractivity contribution in [1.82, 2.24) is 0 Å². The molecule has 0 aliphatic carbocycles. The third-order valence-electron chi connectivity index (χ3n) is 4.41. The van der Waals surface area contributed by atoms with Crippen molar-refractivity contribution in [2.75, 3.05) is 5.01 Å². The number of hydrazone groups is 1. The summed E-state index contributed by atoms with van der Waals surface area (Å²) in [5, 5.41) is 8.74. The second kappa shape index (κ2) is 7.02. The molecule has 27 heavy (non-hydrogen) atoms. The summed E-state index contributed by atoms with van der Waals surface area (Å²) in [6.07, 6.45) is -4.04. The van der Waals surface area contributed by atoms with Crippen LogP contribution in [0.25, 0.3) is 0 Å². The Balaban J connectivity index is 1.82. The maximum Gasteiger partial charge on any atom is 0.416 e. The average molecular weight is 407 g/mol. The highest BCUT2D eigenvalue weighted by Gasteiger charge is 2.39. The molecule has 1 aromatic heterocycles. The first-order chi connectivity index (χ1) is 12.9. The molecule has 7 heteroatoms. The first kappa shape index (κ1) is 18.1. The van der Waals surface area contributed by atoms with Gasteiger partial charge in [0.1, 0.15) is 0 Å². The van der Waals surface area contributed by atoms with Crippen molar-refractivity contribution in [3.8, 4) is 0 Å². The van der Waals surface area contributed by atoms with Gasteiger partial charge >= 0.3 is 6.18 Å². The Morgan fingerprint density at radius 2 is 1.85 bits per heavy atom. The molecule has 0 bridgehead atoms. The number of halogens is 4. The molecule has 0 spiro atoms. The van der Waals surface area contributed by atoms with Gasteiger partial charge in [-0.1, -0.05) is 41.9 Å². The van der Waals surface area contributed by atoms with Gasteiger partial charge in [-0.25, -0.2) is 0 Å². The van der Waals surface area contributed by atoms with Crippen LogP contribution in [0.1, 0.15) is 28.5 Å². The second-order valence-corrected chi connectivity index (χ2v) is 7.54. The molecule has 2 heterocycles. The highest BCUT2D eigenvalue weighted by molar-refractivity contribution is 7.12. The van der Waals surface area contributed by atoms with Crippen LogP contribution in [0.3, 0.4) is 0 Å². The Kier molecular flexibility index (Phi) is 4.70. The van der Waals surface area contributed by atoms with Crippen LogP contribution in [-0.4, -0.2) is 5.71 Å². The summed E-state index contributed by atoms with van der Waals surface area (Å²) in [5.41, 5.74) is 1.01. The largest absolute Gasteiger partial charge is 0.416 e. The van der Waals surface area contributed by atoms with Crippen LogP contribution in [0.2, 0.25) is 5.02 Å². The van der Waals surface area contributed by atoms with Gasteiger partial charge in [0.05, 0.1) is 27.9 Å². The summed E-state index contributed by atoms with van der Waals surface area (Å²) in [6.45, 7) is 0. The number of hydrogen-bond acceptors (Lipinski definition) is 3. The molecule has 0 unspecified atom stereocenters. The number of alkyl halides is 3. The van der Waals surface area contributed by atoms with E-state index in [1.165, 1.54) is 23.5 Å². The fourth-order valence-electron chi connectivity index (χ4n) is 3.25. The van der Waals surface area contributed by atoms with Gasteiger partial charge in [0.2, 0.25) is 0 Å². The topological polar surface area (TPSA) is 15.6 Å². The molecule has 138 valence electrons. The summed E-state index contributed by atoms with van der Waals surface area (Å²) in [4.78, 5) is 0.953. The fourth-order valence-corrected chi connectivity index (χ4v) is 4.15. The van der Waals surface area contributed by atoms with E-state index in [4.69, 9.17) is 11.6 Å². The maximum absolute atomic E-state index is 13.6. The van der Waals surface area contributed by atoms with Crippen LogP contribution in [-0.2, 0) is 6.18 Å². The Hall–Kier alpha value is -2.31. The number of benzene rings is 2. The zero-order chi connectivity index (χ0) is 19.0. The standard InChI is InChI=1S/C20H14ClF3N2S/c21-13-5-3-6-14(11-13)26-18(12-17(25-26)19-9-4-10-27-19)15-7-1-2-8-16(15)20(22,23)24/h1-11,18H,12H2/t18-/m1/s1. The minimum atomic E-state index is -4.43. The van der Waals surface area contributed by atoms with Crippen LogP contribution < -0.4 is 5.01 Å². The van der Waals surface area contributed by atoms with Crippen molar-refractivity contribution in [2.24, 2.45) is 5.10 Å². The van der Waals surface area contributed by atoms with Crippen LogP contribution in [0.5, 0.6) is 0 Å². The van der Waals surface area contributed by atoms with Gasteiger partial charge in [0.25, 0.3) is 0 Å². The van der Waals surface area contributed by atoms with Gasteiger partial charge in [-0.3, -0.25) is 5.01 Å². The van der Waals surface area contributed by atoms with Crippen LogP contribution in [0.15, 0.2) is 71.1 Å². The third kappa shape index (κ3) is 3.59. The zero-order valence-corrected chi connectivity index (χ0v) is 15.5. The summed E-state index contributed by atoms with van der Waals surface area (Å²) in [6, 6.07) is 16.0. The second-order valence-electron chi connectivity index (χ2n) is 6.15. The van der Waals surface area contributed by atoms with Crippen LogP contribution in [0, 0.1) is 0 Å². The Morgan fingerprint density at radius 1 is 1.04 bits per heavy atom. The average Bonchev–Trinajstić information content (AvgIpc) is 3.30. The van der Waals surface area contributed by atoms with Gasteiger partial charge in [-0.15, -0.1) is 11.3 Å². The summed E-state index contributed by atoms with van der Waals surface area (Å²) in [5.74, 6) is 0. The number of rotatable bonds is 3. The first-order valence-electron chi connectivity index (χ1n) is 8.26. The van der Waals surface area contributed by atoms with E-state index in [0.717, 1.165) is 16.7 Å². The molecule has 3 aromatic rings. The quantitative estimate of drug-likeness (QED) is 0.468. The molecule has 0 N–H and O–H groups in total. The first-order valence-corrected chi connectivity index (χ1v) is 9.51. The highest BCUT2D eigenvalue weighted by atomic mass is 35.5. The van der Waals surface area contributed by atoms with Gasteiger partial charge < -0.3 is 0 Å². The molecule has 1 aliphatic rings. The normalized spacial score (nSPS) is 17.3. The highest BCUT2D eigenvalue weighted by Crippen LogP contribution is 2.43. The summed E-state index contributed by atoms with van der Waals surface area (Å²) >= 11 is 7.63. The van der Waals surface area contributed by atoms with Crippen molar-refractivity contribution in [3.05, 3.63) is 87.1 Å². The lowest BCUT2D eigenvalue weighted by Crippen LogP contribution is -2.22. The van der Waals surface area contributed by atoms with Gasteiger partial charge in [0.15, 0.2) is 0 Å². The smallest absolute Gasteiger partial charge is 0.257 e. The molecular weight excluding hydrogens is 393 g/mol. The molecule has 0 fully saturated rings. The van der Waals surface area contributed by atoms with E-state index in [0.29, 0.717) is 17.1 Å². The maximum atomic E-state index is 13.6. The van der Waals surface area contributed by atoms with Gasteiger partial charge in [-0.05, 0) is 41.3 Å². The minimum Gasteiger partial charge on any atom is -0.257 e. The van der Waals surface area contributed by atoms with Crippen LogP contribution in [0.4, 0.5) is 18.9 Å². The molecule has 4 rings (SSSR count). The molecule has 2 aromatic carbocycles. The van der Waals surface area contributed by atoms with Crippen molar-refractivity contribution >= 4 is 34.3 Å². The Labute approximate surface area is 163 Å². The van der Waals surface area contributed by atoms with Crippen molar-refractivity contribution < 1.29 is 13.2 Å². The fraction of sp³-hybridized carbons (Fsp3) is 0.150. The van der Waals surface area contributed by atoms with E-state index in [1.54, 1.807) is 35.3 Å². The lowest BCUT2D eigenvalue weighted by Gasteiger charge is -2.26. The monoisotopic (exact) mass is 406 g/mol. The van der Waals surface area contributed by atoms with Crippen LogP contribution >= 0.6 is 22.9 Å². The SMILES string of the molecule is FC(F)(F)c1ccccc1[C@H]1CC(c2cccs2)=NN1c1cccc(Cl)c1. The lowest BCUT2D eigenvalue weighted by atomic mass is 9.95. The van der Waals surface area contributed by atoms with E-state index in [2.05, 4.69) is 5.10 Å². The summed E-state index contributed by atoms with van der Waals surface area (Å²) < 4.78 is 40.8. The molecule has 2 nitrogen and oxygen atoms in total. The van der Waals surface area contributed by atoms with E-state index in [-0.39, 0.29) is 5.56 Å². The van der Waals surface area contributed by atoms with Crippen molar-refractivity contribution in [2.45, 2.75) is 18.6 Å². The molecule has 1 atom stereocenters. The number of hydrogen-bond donors (Lipinski definition) is 0. The Bertz CT molecular complexity index is 983. The number of thiophene rings is 1. The van der Waals surface area contributed by atoms with E-state index in [9.17, 15) is 13.2 Å². The lowest BCUT2D eigenvalue weighted by molar-refractivity contribution is -0.138. The van der Waals surface area contributed by atoms with E-state index in [1.807, 2.05) is 17.5 Å². The predicted octanol–water partition coefficient (Wildman–Crippen LogP) is 6.78. The zero-order valence-electron chi connectivity index (χ0n) is 13.9. The number of anilines is 1. The summed E-state index contributed by atoms with van der Waals surface area (Å²) in [7, 11) is 0. The molecule has 1 aliphatic heterocycles. The van der Waals surface area contributed by atoms with Gasteiger partial charge in [-0.2, -0.15) is 18.3 Å². The van der Waals surface area contributed by atoms with Crippen molar-refractivity contribution in [1.29, 1.82) is 0 Å². The molecular formula is C20H14ClF3N2S. The van der Waals surface area contributed by atoms with Gasteiger partial charge in [0, 0.05) is 11.4 Å². The van der Waals surface area contributed by atoms with Crippen molar-refractivity contribution in [3.63, 3.8) is 0 Å². The minimum absolute atomic E-state index is 0.209. The predicted molar refractivity (Wildman–Crippen MR) is 104 cm³/mol. The Morgan fingerprint density at radius 3 is 2.56 bits per heavy atom. The molecule has 0 amide bonds. The van der Waals surface area contributed by atoms with E-state index >= 15 is 0 Å². The number of nitrogens with zero attached hydrogens (tertiary/aromatic N) is 2. The molecule has 0 saturated heterocycles.